The van der Waals surface area contributed by atoms with Crippen LogP contribution in [0.3, 0.4) is 0 Å². The molecule has 0 aliphatic heterocycles. The van der Waals surface area contributed by atoms with Crippen molar-refractivity contribution in [2.45, 2.75) is 24.7 Å². The monoisotopic (exact) mass is 300 g/mol. The fourth-order valence-corrected chi connectivity index (χ4v) is 3.08. The fourth-order valence-electron chi connectivity index (χ4n) is 1.71. The van der Waals surface area contributed by atoms with Crippen LogP contribution in [-0.4, -0.2) is 39.4 Å². The van der Waals surface area contributed by atoms with Crippen LogP contribution >= 0.6 is 0 Å². The highest BCUT2D eigenvalue weighted by Crippen LogP contribution is 2.23. The van der Waals surface area contributed by atoms with Gasteiger partial charge in [0.1, 0.15) is 0 Å². The summed E-state index contributed by atoms with van der Waals surface area (Å²) in [6.07, 6.45) is 1.63. The van der Waals surface area contributed by atoms with Crippen molar-refractivity contribution in [1.29, 1.82) is 0 Å². The van der Waals surface area contributed by atoms with Crippen LogP contribution in [0.25, 0.3) is 0 Å². The van der Waals surface area contributed by atoms with Gasteiger partial charge in [-0.25, -0.2) is 17.5 Å². The van der Waals surface area contributed by atoms with Crippen LogP contribution in [-0.2, 0) is 14.8 Å². The van der Waals surface area contributed by atoms with Gasteiger partial charge in [0.15, 0.2) is 0 Å². The third-order valence-electron chi connectivity index (χ3n) is 2.92. The zero-order chi connectivity index (χ0) is 15.3. The van der Waals surface area contributed by atoms with E-state index >= 15 is 0 Å². The molecule has 0 bridgehead atoms. The number of esters is 1. The number of methoxy groups -OCH3 is 1. The zero-order valence-corrected chi connectivity index (χ0v) is 12.7. The predicted molar refractivity (Wildman–Crippen MR) is 76.9 cm³/mol. The molecular formula is C13H20N2O4S. The Morgan fingerprint density at radius 3 is 2.60 bits per heavy atom. The third kappa shape index (κ3) is 3.49. The first-order valence-electron chi connectivity index (χ1n) is 6.28. The number of nitrogens with zero attached hydrogens (tertiary/aromatic N) is 1. The van der Waals surface area contributed by atoms with Gasteiger partial charge in [-0.05, 0) is 24.6 Å². The quantitative estimate of drug-likeness (QED) is 0.635. The van der Waals surface area contributed by atoms with Crippen molar-refractivity contribution >= 4 is 21.7 Å². The first kappa shape index (κ1) is 16.5. The van der Waals surface area contributed by atoms with Gasteiger partial charge in [0.2, 0.25) is 10.0 Å². The molecule has 0 aliphatic rings. The number of nitrogen functional groups attached to an aromatic ring is 1. The van der Waals surface area contributed by atoms with Gasteiger partial charge in [-0.1, -0.05) is 13.3 Å². The smallest absolute Gasteiger partial charge is 0.339 e. The Labute approximate surface area is 119 Å². The van der Waals surface area contributed by atoms with Gasteiger partial charge in [-0.15, -0.1) is 0 Å². The molecule has 0 spiro atoms. The second kappa shape index (κ2) is 6.71. The number of hydrogen-bond donors (Lipinski definition) is 1. The second-order valence-electron chi connectivity index (χ2n) is 4.43. The van der Waals surface area contributed by atoms with Crippen molar-refractivity contribution in [2.24, 2.45) is 0 Å². The van der Waals surface area contributed by atoms with Crippen molar-refractivity contribution < 1.29 is 17.9 Å². The van der Waals surface area contributed by atoms with Crippen molar-refractivity contribution in [3.63, 3.8) is 0 Å². The van der Waals surface area contributed by atoms with Gasteiger partial charge >= 0.3 is 5.97 Å². The van der Waals surface area contributed by atoms with E-state index in [0.717, 1.165) is 12.8 Å². The van der Waals surface area contributed by atoms with E-state index < -0.39 is 16.0 Å². The molecule has 0 heterocycles. The molecule has 0 aromatic heterocycles. The molecule has 0 radical (unpaired) electrons. The van der Waals surface area contributed by atoms with Crippen LogP contribution in [0.1, 0.15) is 30.1 Å². The van der Waals surface area contributed by atoms with E-state index in [0.29, 0.717) is 12.2 Å². The number of nitrogens with two attached hydrogens (primary N) is 1. The minimum Gasteiger partial charge on any atom is -0.465 e. The van der Waals surface area contributed by atoms with Crippen LogP contribution in [0.4, 0.5) is 5.69 Å². The summed E-state index contributed by atoms with van der Waals surface area (Å²) in [7, 11) is -1.05. The molecule has 0 fully saturated rings. The topological polar surface area (TPSA) is 89.7 Å². The summed E-state index contributed by atoms with van der Waals surface area (Å²) < 4.78 is 30.8. The summed E-state index contributed by atoms with van der Waals surface area (Å²) in [4.78, 5) is 11.6. The highest BCUT2D eigenvalue weighted by molar-refractivity contribution is 7.89. The molecule has 1 aromatic rings. The number of unbranched alkanes of at least 4 members (excludes halogenated alkanes) is 1. The highest BCUT2D eigenvalue weighted by atomic mass is 32.2. The maximum absolute atomic E-state index is 12.5. The van der Waals surface area contributed by atoms with Gasteiger partial charge in [0.25, 0.3) is 0 Å². The summed E-state index contributed by atoms with van der Waals surface area (Å²) in [5.74, 6) is -0.722. The first-order chi connectivity index (χ1) is 9.34. The highest BCUT2D eigenvalue weighted by Gasteiger charge is 2.26. The maximum Gasteiger partial charge on any atom is 0.339 e. The number of benzene rings is 1. The Morgan fingerprint density at radius 2 is 2.05 bits per heavy atom. The lowest BCUT2D eigenvalue weighted by atomic mass is 10.2. The molecule has 112 valence electrons. The lowest BCUT2D eigenvalue weighted by Crippen LogP contribution is -2.29. The maximum atomic E-state index is 12.5. The molecule has 0 saturated carbocycles. The summed E-state index contributed by atoms with van der Waals surface area (Å²) >= 11 is 0. The molecule has 6 nitrogen and oxygen atoms in total. The minimum atomic E-state index is -3.74. The summed E-state index contributed by atoms with van der Waals surface area (Å²) in [5, 5.41) is 0. The van der Waals surface area contributed by atoms with E-state index in [9.17, 15) is 13.2 Å². The van der Waals surface area contributed by atoms with Gasteiger partial charge in [-0.2, -0.15) is 0 Å². The molecule has 1 aromatic carbocycles. The molecule has 0 amide bonds. The number of rotatable bonds is 6. The largest absolute Gasteiger partial charge is 0.465 e. The van der Waals surface area contributed by atoms with Crippen LogP contribution in [0.2, 0.25) is 0 Å². The second-order valence-corrected chi connectivity index (χ2v) is 6.44. The SMILES string of the molecule is CCCCN(C)S(=O)(=O)c1ccc(N)cc1C(=O)OC. The number of hydrogen-bond acceptors (Lipinski definition) is 5. The van der Waals surface area contributed by atoms with Gasteiger partial charge < -0.3 is 10.5 Å². The van der Waals surface area contributed by atoms with Crippen molar-refractivity contribution in [2.75, 3.05) is 26.4 Å². The van der Waals surface area contributed by atoms with E-state index in [4.69, 9.17) is 5.73 Å². The van der Waals surface area contributed by atoms with Crippen LogP contribution in [0.15, 0.2) is 23.1 Å². The molecular weight excluding hydrogens is 280 g/mol. The standard InChI is InChI=1S/C13H20N2O4S/c1-4-5-8-15(2)20(17,18)12-7-6-10(14)9-11(12)13(16)19-3/h6-7,9H,4-5,8,14H2,1-3H3. The Kier molecular flexibility index (Phi) is 5.52. The number of anilines is 1. The van der Waals surface area contributed by atoms with Gasteiger partial charge in [0, 0.05) is 19.3 Å². The van der Waals surface area contributed by atoms with E-state index in [2.05, 4.69) is 4.74 Å². The van der Waals surface area contributed by atoms with Crippen molar-refractivity contribution in [3.8, 4) is 0 Å². The Balaban J connectivity index is 3.27. The molecule has 1 rings (SSSR count). The zero-order valence-electron chi connectivity index (χ0n) is 11.9. The molecule has 20 heavy (non-hydrogen) atoms. The van der Waals surface area contributed by atoms with E-state index in [-0.39, 0.29) is 10.5 Å². The lowest BCUT2D eigenvalue weighted by molar-refractivity contribution is 0.0596. The summed E-state index contributed by atoms with van der Waals surface area (Å²) in [5.41, 5.74) is 5.86. The minimum absolute atomic E-state index is 0.0455. The number of ether oxygens (including phenoxy) is 1. The Bertz CT molecular complexity index is 584. The van der Waals surface area contributed by atoms with E-state index in [1.54, 1.807) is 0 Å². The van der Waals surface area contributed by atoms with Crippen molar-refractivity contribution in [1.82, 2.24) is 4.31 Å². The van der Waals surface area contributed by atoms with Crippen LogP contribution < -0.4 is 5.73 Å². The number of carbonyl (C=O) groups excluding carboxylic acids is 1. The molecule has 0 saturated heterocycles. The number of sulfonamides is 1. The summed E-state index contributed by atoms with van der Waals surface area (Å²) in [6.45, 7) is 2.37. The normalized spacial score (nSPS) is 11.6. The third-order valence-corrected chi connectivity index (χ3v) is 4.84. The molecule has 0 aliphatic carbocycles. The van der Waals surface area contributed by atoms with Crippen LogP contribution in [0.5, 0.6) is 0 Å². The Morgan fingerprint density at radius 1 is 1.40 bits per heavy atom. The molecule has 7 heteroatoms. The summed E-state index contributed by atoms with van der Waals surface area (Å²) in [6, 6.07) is 4.10. The van der Waals surface area contributed by atoms with Crippen LogP contribution in [0, 0.1) is 0 Å². The lowest BCUT2D eigenvalue weighted by Gasteiger charge is -2.18. The fraction of sp³-hybridized carbons (Fsp3) is 0.462. The number of carbonyl (C=O) groups is 1. The molecule has 0 atom stereocenters. The van der Waals surface area contributed by atoms with E-state index in [1.165, 1.54) is 36.7 Å². The predicted octanol–water partition coefficient (Wildman–Crippen LogP) is 1.48. The van der Waals surface area contributed by atoms with Gasteiger partial charge in [-0.3, -0.25) is 0 Å². The van der Waals surface area contributed by atoms with Crippen molar-refractivity contribution in [3.05, 3.63) is 23.8 Å². The average Bonchev–Trinajstić information content (AvgIpc) is 2.43. The average molecular weight is 300 g/mol. The first-order valence-corrected chi connectivity index (χ1v) is 7.72. The molecule has 2 N–H and O–H groups in total. The molecule has 0 unspecified atom stereocenters. The Hall–Kier alpha value is -1.60. The van der Waals surface area contributed by atoms with Gasteiger partial charge in [0.05, 0.1) is 17.6 Å². The van der Waals surface area contributed by atoms with E-state index in [1.807, 2.05) is 6.92 Å².